The van der Waals surface area contributed by atoms with E-state index in [1.807, 2.05) is 18.2 Å². The van der Waals surface area contributed by atoms with E-state index < -0.39 is 28.4 Å². The summed E-state index contributed by atoms with van der Waals surface area (Å²) in [7, 11) is -3.28. The summed E-state index contributed by atoms with van der Waals surface area (Å²) in [6.07, 6.45) is -1.33. The van der Waals surface area contributed by atoms with Gasteiger partial charge in [0, 0.05) is 6.04 Å². The highest BCUT2D eigenvalue weighted by Crippen LogP contribution is 2.36. The zero-order valence-corrected chi connectivity index (χ0v) is 16.5. The van der Waals surface area contributed by atoms with Crippen LogP contribution in [0.25, 0.3) is 0 Å². The third-order valence-electron chi connectivity index (χ3n) is 5.53. The SMILES string of the molecule is O=S(=O)(NC1CCc2cc(Cc3cc(CO)cc(C(F)(F)F)c3)ccc21)C1CC1. The standard InChI is InChI=1S/C21H22F3NO3S/c22-21(23,24)17-10-14(8-15(11-17)12-26)7-13-1-5-19-16(9-13)2-6-20(19)25-29(27,28)18-3-4-18/h1,5,8-11,18,20,25-26H,2-4,6-7,12H2. The minimum absolute atomic E-state index is 0.227. The van der Waals surface area contributed by atoms with E-state index in [1.54, 1.807) is 6.07 Å². The molecule has 0 aromatic heterocycles. The molecule has 156 valence electrons. The molecule has 8 heteroatoms. The minimum Gasteiger partial charge on any atom is -0.392 e. The Kier molecular flexibility index (Phi) is 5.21. The Bertz CT molecular complexity index is 1030. The molecule has 1 fully saturated rings. The number of aryl methyl sites for hydroxylation is 1. The molecule has 2 aliphatic carbocycles. The zero-order valence-electron chi connectivity index (χ0n) is 15.7. The van der Waals surface area contributed by atoms with E-state index in [9.17, 15) is 26.7 Å². The second kappa shape index (κ2) is 7.41. The molecule has 1 atom stereocenters. The van der Waals surface area contributed by atoms with Crippen molar-refractivity contribution in [1.82, 2.24) is 4.72 Å². The highest BCUT2D eigenvalue weighted by atomic mass is 32.2. The lowest BCUT2D eigenvalue weighted by atomic mass is 9.97. The molecule has 1 saturated carbocycles. The average Bonchev–Trinajstić information content (AvgIpc) is 3.45. The summed E-state index contributed by atoms with van der Waals surface area (Å²) in [4.78, 5) is 0. The Labute approximate surface area is 167 Å². The smallest absolute Gasteiger partial charge is 0.392 e. The van der Waals surface area contributed by atoms with E-state index in [4.69, 9.17) is 0 Å². The highest BCUT2D eigenvalue weighted by molar-refractivity contribution is 7.90. The van der Waals surface area contributed by atoms with Gasteiger partial charge < -0.3 is 5.11 Å². The molecule has 0 bridgehead atoms. The molecule has 2 N–H and O–H groups in total. The number of rotatable bonds is 6. The van der Waals surface area contributed by atoms with E-state index in [-0.39, 0.29) is 16.9 Å². The summed E-state index contributed by atoms with van der Waals surface area (Å²) in [6.45, 7) is -0.454. The van der Waals surface area contributed by atoms with Crippen LogP contribution in [0.1, 0.15) is 58.7 Å². The maximum absolute atomic E-state index is 13.1. The Hall–Kier alpha value is -1.90. The fourth-order valence-electron chi connectivity index (χ4n) is 3.93. The first-order valence-electron chi connectivity index (χ1n) is 9.59. The molecule has 0 spiro atoms. The maximum atomic E-state index is 13.1. The Morgan fingerprint density at radius 2 is 1.72 bits per heavy atom. The molecule has 2 aromatic rings. The molecule has 4 nitrogen and oxygen atoms in total. The first-order valence-corrected chi connectivity index (χ1v) is 11.1. The molecule has 0 saturated heterocycles. The van der Waals surface area contributed by atoms with Gasteiger partial charge in [-0.25, -0.2) is 13.1 Å². The van der Waals surface area contributed by atoms with Crippen molar-refractivity contribution in [2.24, 2.45) is 0 Å². The lowest BCUT2D eigenvalue weighted by Crippen LogP contribution is -2.30. The average molecular weight is 425 g/mol. The fraction of sp³-hybridized carbons (Fsp3) is 0.429. The second-order valence-electron chi connectivity index (χ2n) is 7.86. The zero-order chi connectivity index (χ0) is 20.8. The van der Waals surface area contributed by atoms with Crippen LogP contribution in [0, 0.1) is 0 Å². The number of nitrogens with one attached hydrogen (secondary N) is 1. The van der Waals surface area contributed by atoms with Crippen molar-refractivity contribution in [2.45, 2.75) is 56.2 Å². The fourth-order valence-corrected chi connectivity index (χ4v) is 5.52. The number of hydrogen-bond donors (Lipinski definition) is 2. The largest absolute Gasteiger partial charge is 0.416 e. The van der Waals surface area contributed by atoms with Gasteiger partial charge in [-0.05, 0) is 72.1 Å². The van der Waals surface area contributed by atoms with Crippen LogP contribution < -0.4 is 4.72 Å². The Morgan fingerprint density at radius 1 is 1.00 bits per heavy atom. The van der Waals surface area contributed by atoms with Gasteiger partial charge in [-0.1, -0.05) is 24.3 Å². The van der Waals surface area contributed by atoms with Crippen molar-refractivity contribution < 1.29 is 26.7 Å². The van der Waals surface area contributed by atoms with Gasteiger partial charge in [0.1, 0.15) is 0 Å². The van der Waals surface area contributed by atoms with Crippen LogP contribution in [0.2, 0.25) is 0 Å². The molecule has 0 heterocycles. The van der Waals surface area contributed by atoms with Gasteiger partial charge >= 0.3 is 6.18 Å². The van der Waals surface area contributed by atoms with Gasteiger partial charge in [0.05, 0.1) is 17.4 Å². The number of benzene rings is 2. The van der Waals surface area contributed by atoms with E-state index in [1.165, 1.54) is 0 Å². The molecule has 1 unspecified atom stereocenters. The number of halogens is 3. The van der Waals surface area contributed by atoms with Crippen molar-refractivity contribution in [3.8, 4) is 0 Å². The van der Waals surface area contributed by atoms with Gasteiger partial charge in [-0.15, -0.1) is 0 Å². The van der Waals surface area contributed by atoms with Crippen LogP contribution in [0.15, 0.2) is 36.4 Å². The van der Waals surface area contributed by atoms with E-state index in [0.717, 1.165) is 35.2 Å². The van der Waals surface area contributed by atoms with Crippen LogP contribution in [-0.2, 0) is 35.6 Å². The molecule has 4 rings (SSSR count). The Balaban J connectivity index is 1.55. The lowest BCUT2D eigenvalue weighted by molar-refractivity contribution is -0.137. The van der Waals surface area contributed by atoms with Gasteiger partial charge in [-0.2, -0.15) is 13.2 Å². The number of sulfonamides is 1. The van der Waals surface area contributed by atoms with Crippen molar-refractivity contribution in [3.63, 3.8) is 0 Å². The summed E-state index contributed by atoms with van der Waals surface area (Å²) in [6, 6.07) is 9.06. The van der Waals surface area contributed by atoms with E-state index in [0.29, 0.717) is 31.2 Å². The van der Waals surface area contributed by atoms with Crippen LogP contribution in [0.3, 0.4) is 0 Å². The summed E-state index contributed by atoms with van der Waals surface area (Å²) in [5.74, 6) is 0. The molecule has 0 amide bonds. The molecule has 0 radical (unpaired) electrons. The summed E-state index contributed by atoms with van der Waals surface area (Å²) in [5.41, 5.74) is 2.77. The van der Waals surface area contributed by atoms with Crippen molar-refractivity contribution in [1.29, 1.82) is 0 Å². The van der Waals surface area contributed by atoms with Crippen LogP contribution >= 0.6 is 0 Å². The number of aliphatic hydroxyl groups is 1. The number of aliphatic hydroxyl groups excluding tert-OH is 1. The first-order chi connectivity index (χ1) is 13.7. The van der Waals surface area contributed by atoms with Gasteiger partial charge in [0.2, 0.25) is 10.0 Å². The van der Waals surface area contributed by atoms with Gasteiger partial charge in [0.15, 0.2) is 0 Å². The molecule has 0 aliphatic heterocycles. The summed E-state index contributed by atoms with van der Waals surface area (Å²) >= 11 is 0. The molecule has 2 aliphatic rings. The summed E-state index contributed by atoms with van der Waals surface area (Å²) in [5, 5.41) is 9.02. The third-order valence-corrected chi connectivity index (χ3v) is 7.49. The Morgan fingerprint density at radius 3 is 2.38 bits per heavy atom. The molecular formula is C21H22F3NO3S. The van der Waals surface area contributed by atoms with Crippen molar-refractivity contribution >= 4 is 10.0 Å². The maximum Gasteiger partial charge on any atom is 0.416 e. The topological polar surface area (TPSA) is 66.4 Å². The monoisotopic (exact) mass is 425 g/mol. The first kappa shape index (κ1) is 20.4. The van der Waals surface area contributed by atoms with Gasteiger partial charge in [-0.3, -0.25) is 0 Å². The van der Waals surface area contributed by atoms with Crippen molar-refractivity contribution in [3.05, 3.63) is 69.8 Å². The normalized spacial score (nSPS) is 19.4. The predicted octanol–water partition coefficient (Wildman–Crippen LogP) is 3.86. The predicted molar refractivity (Wildman–Crippen MR) is 103 cm³/mol. The van der Waals surface area contributed by atoms with Gasteiger partial charge in [0.25, 0.3) is 0 Å². The van der Waals surface area contributed by atoms with Crippen LogP contribution in [0.4, 0.5) is 13.2 Å². The lowest BCUT2D eigenvalue weighted by Gasteiger charge is -2.15. The summed E-state index contributed by atoms with van der Waals surface area (Å²) < 4.78 is 66.5. The second-order valence-corrected chi connectivity index (χ2v) is 9.85. The minimum atomic E-state index is -4.47. The molecular weight excluding hydrogens is 403 g/mol. The number of alkyl halides is 3. The van der Waals surface area contributed by atoms with E-state index >= 15 is 0 Å². The highest BCUT2D eigenvalue weighted by Gasteiger charge is 2.38. The number of hydrogen-bond acceptors (Lipinski definition) is 3. The van der Waals surface area contributed by atoms with E-state index in [2.05, 4.69) is 4.72 Å². The molecule has 29 heavy (non-hydrogen) atoms. The van der Waals surface area contributed by atoms with Crippen LogP contribution in [-0.4, -0.2) is 18.8 Å². The van der Waals surface area contributed by atoms with Crippen LogP contribution in [0.5, 0.6) is 0 Å². The van der Waals surface area contributed by atoms with Crippen molar-refractivity contribution in [2.75, 3.05) is 0 Å². The quantitative estimate of drug-likeness (QED) is 0.739. The third kappa shape index (κ3) is 4.49. The number of fused-ring (bicyclic) bond motifs is 1. The molecule has 2 aromatic carbocycles.